The van der Waals surface area contributed by atoms with Crippen molar-refractivity contribution in [2.45, 2.75) is 6.18 Å². The van der Waals surface area contributed by atoms with Crippen molar-refractivity contribution in [1.29, 1.82) is 0 Å². The molecule has 0 amide bonds. The van der Waals surface area contributed by atoms with Gasteiger partial charge in [0.2, 0.25) is 0 Å². The Balaban J connectivity index is 1.94. The number of aromatic nitrogens is 4. The van der Waals surface area contributed by atoms with Crippen molar-refractivity contribution < 1.29 is 17.6 Å². The number of piperazine rings is 1. The van der Waals surface area contributed by atoms with Gasteiger partial charge in [-0.3, -0.25) is 0 Å². The van der Waals surface area contributed by atoms with Crippen LogP contribution in [0.2, 0.25) is 0 Å². The molecule has 1 saturated heterocycles. The van der Waals surface area contributed by atoms with E-state index >= 15 is 0 Å². The van der Waals surface area contributed by atoms with Crippen molar-refractivity contribution in [1.82, 2.24) is 24.5 Å². The van der Waals surface area contributed by atoms with Crippen molar-refractivity contribution in [3.63, 3.8) is 0 Å². The molecule has 0 radical (unpaired) electrons. The molecule has 1 aromatic carbocycles. The lowest BCUT2D eigenvalue weighted by atomic mass is 10.1. The number of alkyl halides is 3. The largest absolute Gasteiger partial charge is 0.416 e. The molecular formula is C15H14F4N6. The number of nitrogens with zero attached hydrogens (tertiary/aromatic N) is 6. The SMILES string of the molecule is CN1CCN(c2nc3c(F)cc(C(F)(F)F)cc3n3ncnc23)CC1. The van der Waals surface area contributed by atoms with Gasteiger partial charge in [-0.05, 0) is 19.2 Å². The second kappa shape index (κ2) is 5.51. The van der Waals surface area contributed by atoms with Crippen LogP contribution in [0.4, 0.5) is 23.4 Å². The van der Waals surface area contributed by atoms with Crippen LogP contribution in [0.3, 0.4) is 0 Å². The zero-order chi connectivity index (χ0) is 17.8. The highest BCUT2D eigenvalue weighted by molar-refractivity contribution is 5.83. The van der Waals surface area contributed by atoms with E-state index in [4.69, 9.17) is 0 Å². The average molecular weight is 354 g/mol. The van der Waals surface area contributed by atoms with Crippen molar-refractivity contribution in [3.8, 4) is 0 Å². The van der Waals surface area contributed by atoms with Crippen molar-refractivity contribution in [2.75, 3.05) is 38.1 Å². The quantitative estimate of drug-likeness (QED) is 0.627. The van der Waals surface area contributed by atoms with E-state index in [1.807, 2.05) is 11.9 Å². The van der Waals surface area contributed by atoms with E-state index < -0.39 is 17.6 Å². The van der Waals surface area contributed by atoms with Crippen LogP contribution in [0, 0.1) is 5.82 Å². The van der Waals surface area contributed by atoms with Gasteiger partial charge in [-0.15, -0.1) is 0 Å². The van der Waals surface area contributed by atoms with E-state index in [9.17, 15) is 17.6 Å². The molecule has 0 spiro atoms. The summed E-state index contributed by atoms with van der Waals surface area (Å²) in [5, 5.41) is 3.98. The molecule has 25 heavy (non-hydrogen) atoms. The van der Waals surface area contributed by atoms with Crippen LogP contribution in [-0.2, 0) is 6.18 Å². The number of fused-ring (bicyclic) bond motifs is 3. The third-order valence-electron chi connectivity index (χ3n) is 4.37. The van der Waals surface area contributed by atoms with E-state index in [1.54, 1.807) is 0 Å². The smallest absolute Gasteiger partial charge is 0.351 e. The predicted molar refractivity (Wildman–Crippen MR) is 83.0 cm³/mol. The summed E-state index contributed by atoms with van der Waals surface area (Å²) in [6.07, 6.45) is -3.42. The molecular weight excluding hydrogens is 340 g/mol. The molecule has 3 aromatic rings. The van der Waals surface area contributed by atoms with Gasteiger partial charge in [0.25, 0.3) is 0 Å². The van der Waals surface area contributed by atoms with Gasteiger partial charge in [0.1, 0.15) is 11.8 Å². The number of anilines is 1. The molecule has 1 fully saturated rings. The molecule has 6 nitrogen and oxygen atoms in total. The van der Waals surface area contributed by atoms with Crippen molar-refractivity contribution >= 4 is 22.5 Å². The van der Waals surface area contributed by atoms with Gasteiger partial charge in [0, 0.05) is 26.2 Å². The highest BCUT2D eigenvalue weighted by Gasteiger charge is 2.33. The predicted octanol–water partition coefficient (Wildman–Crippen LogP) is 2.19. The lowest BCUT2D eigenvalue weighted by molar-refractivity contribution is -0.137. The van der Waals surface area contributed by atoms with Gasteiger partial charge >= 0.3 is 6.18 Å². The number of rotatable bonds is 1. The van der Waals surface area contributed by atoms with E-state index in [1.165, 1.54) is 10.8 Å². The fourth-order valence-electron chi connectivity index (χ4n) is 2.98. The molecule has 2 aromatic heterocycles. The lowest BCUT2D eigenvalue weighted by Gasteiger charge is -2.33. The molecule has 0 saturated carbocycles. The van der Waals surface area contributed by atoms with Gasteiger partial charge in [-0.1, -0.05) is 0 Å². The van der Waals surface area contributed by atoms with Gasteiger partial charge in [0.15, 0.2) is 17.3 Å². The first-order chi connectivity index (χ1) is 11.8. The molecule has 10 heteroatoms. The first-order valence-electron chi connectivity index (χ1n) is 7.68. The van der Waals surface area contributed by atoms with Crippen molar-refractivity contribution in [3.05, 3.63) is 29.8 Å². The second-order valence-electron chi connectivity index (χ2n) is 6.04. The van der Waals surface area contributed by atoms with Gasteiger partial charge in [-0.25, -0.2) is 18.9 Å². The molecule has 0 N–H and O–H groups in total. The number of benzene rings is 1. The molecule has 132 valence electrons. The molecule has 3 heterocycles. The normalized spacial score (nSPS) is 16.9. The minimum atomic E-state index is -4.65. The van der Waals surface area contributed by atoms with E-state index in [2.05, 4.69) is 20.0 Å². The maximum Gasteiger partial charge on any atom is 0.416 e. The fourth-order valence-corrected chi connectivity index (χ4v) is 2.98. The Morgan fingerprint density at radius 2 is 1.80 bits per heavy atom. The van der Waals surface area contributed by atoms with Crippen LogP contribution in [-0.4, -0.2) is 57.7 Å². The Bertz CT molecular complexity index is 942. The Hall–Kier alpha value is -2.49. The summed E-state index contributed by atoms with van der Waals surface area (Å²) in [6, 6.07) is 1.31. The summed E-state index contributed by atoms with van der Waals surface area (Å²) in [6.45, 7) is 2.94. The van der Waals surface area contributed by atoms with Crippen LogP contribution >= 0.6 is 0 Å². The van der Waals surface area contributed by atoms with Gasteiger partial charge < -0.3 is 9.80 Å². The highest BCUT2D eigenvalue weighted by atomic mass is 19.4. The number of halogens is 4. The molecule has 0 bridgehead atoms. The highest BCUT2D eigenvalue weighted by Crippen LogP contribution is 2.33. The molecule has 0 unspecified atom stereocenters. The number of hydrogen-bond acceptors (Lipinski definition) is 5. The summed E-state index contributed by atoms with van der Waals surface area (Å²) in [5.74, 6) is -0.602. The summed E-state index contributed by atoms with van der Waals surface area (Å²) < 4.78 is 54.5. The van der Waals surface area contributed by atoms with E-state index in [-0.39, 0.29) is 11.0 Å². The maximum absolute atomic E-state index is 14.4. The Kier molecular flexibility index (Phi) is 3.53. The third kappa shape index (κ3) is 2.66. The third-order valence-corrected chi connectivity index (χ3v) is 4.37. The van der Waals surface area contributed by atoms with Crippen LogP contribution in [0.5, 0.6) is 0 Å². The Labute approximate surface area is 139 Å². The Morgan fingerprint density at radius 1 is 1.08 bits per heavy atom. The van der Waals surface area contributed by atoms with Crippen LogP contribution in [0.25, 0.3) is 16.7 Å². The summed E-state index contributed by atoms with van der Waals surface area (Å²) in [4.78, 5) is 12.5. The first kappa shape index (κ1) is 16.0. The number of likely N-dealkylation sites (N-methyl/N-ethyl adjacent to an activating group) is 1. The van der Waals surface area contributed by atoms with E-state index in [0.717, 1.165) is 19.2 Å². The van der Waals surface area contributed by atoms with Crippen molar-refractivity contribution in [2.24, 2.45) is 0 Å². The molecule has 0 atom stereocenters. The molecule has 1 aliphatic heterocycles. The van der Waals surface area contributed by atoms with Crippen LogP contribution in [0.1, 0.15) is 5.56 Å². The summed E-state index contributed by atoms with van der Waals surface area (Å²) in [7, 11) is 2.00. The van der Waals surface area contributed by atoms with Gasteiger partial charge in [-0.2, -0.15) is 18.3 Å². The zero-order valence-corrected chi connectivity index (χ0v) is 13.3. The topological polar surface area (TPSA) is 49.6 Å². The standard InChI is InChI=1S/C15H14F4N6/c1-23-2-4-24(5-3-23)14-13-20-8-21-25(13)11-7-9(15(17,18)19)6-10(16)12(11)22-14/h6-8H,2-5H2,1H3. The molecule has 1 aliphatic rings. The number of hydrogen-bond donors (Lipinski definition) is 0. The molecule has 0 aliphatic carbocycles. The molecule has 4 rings (SSSR count). The van der Waals surface area contributed by atoms with E-state index in [0.29, 0.717) is 30.6 Å². The minimum absolute atomic E-state index is 0.0577. The minimum Gasteiger partial charge on any atom is -0.351 e. The monoisotopic (exact) mass is 354 g/mol. The summed E-state index contributed by atoms with van der Waals surface area (Å²) >= 11 is 0. The average Bonchev–Trinajstić information content (AvgIpc) is 3.04. The Morgan fingerprint density at radius 3 is 2.48 bits per heavy atom. The maximum atomic E-state index is 14.4. The van der Waals surface area contributed by atoms with Crippen LogP contribution < -0.4 is 4.90 Å². The summed E-state index contributed by atoms with van der Waals surface area (Å²) in [5.41, 5.74) is -0.975. The second-order valence-corrected chi connectivity index (χ2v) is 6.04. The first-order valence-corrected chi connectivity index (χ1v) is 7.68. The fraction of sp³-hybridized carbons (Fsp3) is 0.400. The van der Waals surface area contributed by atoms with Crippen LogP contribution in [0.15, 0.2) is 18.5 Å². The lowest BCUT2D eigenvalue weighted by Crippen LogP contribution is -2.45. The van der Waals surface area contributed by atoms with Gasteiger partial charge in [0.05, 0.1) is 11.1 Å². The zero-order valence-electron chi connectivity index (χ0n) is 13.3.